The van der Waals surface area contributed by atoms with E-state index in [4.69, 9.17) is 4.74 Å². The van der Waals surface area contributed by atoms with Crippen molar-refractivity contribution >= 4 is 6.29 Å². The Balaban J connectivity index is 2.13. The lowest BCUT2D eigenvalue weighted by molar-refractivity contribution is 0.111. The highest BCUT2D eigenvalue weighted by molar-refractivity contribution is 5.79. The van der Waals surface area contributed by atoms with Crippen LogP contribution in [0.25, 0.3) is 0 Å². The summed E-state index contributed by atoms with van der Waals surface area (Å²) in [7, 11) is 0. The molecule has 0 saturated heterocycles. The van der Waals surface area contributed by atoms with Crippen molar-refractivity contribution in [1.82, 2.24) is 0 Å². The second-order valence-electron chi connectivity index (χ2n) is 3.76. The molecular weight excluding hydrogens is 235 g/mol. The van der Waals surface area contributed by atoms with E-state index in [-0.39, 0.29) is 17.9 Å². The van der Waals surface area contributed by atoms with Gasteiger partial charge in [-0.15, -0.1) is 0 Å². The molecule has 3 nitrogen and oxygen atoms in total. The third kappa shape index (κ3) is 2.85. The van der Waals surface area contributed by atoms with E-state index in [0.29, 0.717) is 12.0 Å². The molecule has 0 atom stereocenters. The molecule has 0 radical (unpaired) electrons. The van der Waals surface area contributed by atoms with Crippen molar-refractivity contribution in [2.75, 3.05) is 0 Å². The lowest BCUT2D eigenvalue weighted by Gasteiger charge is -2.08. The number of aromatic hydroxyl groups is 1. The molecule has 0 amide bonds. The molecule has 92 valence electrons. The highest BCUT2D eigenvalue weighted by Gasteiger charge is 2.05. The molecule has 0 aliphatic rings. The maximum absolute atomic E-state index is 12.9. The molecule has 1 N–H and O–H groups in total. The summed E-state index contributed by atoms with van der Waals surface area (Å²) in [6, 6.07) is 10.3. The topological polar surface area (TPSA) is 46.5 Å². The van der Waals surface area contributed by atoms with E-state index in [1.165, 1.54) is 12.1 Å². The van der Waals surface area contributed by atoms with Gasteiger partial charge in [0.1, 0.15) is 23.9 Å². The molecule has 2 aromatic carbocycles. The number of hydrogen-bond donors (Lipinski definition) is 1. The van der Waals surface area contributed by atoms with Gasteiger partial charge in [0.2, 0.25) is 0 Å². The molecule has 2 rings (SSSR count). The number of benzene rings is 2. The third-order valence-corrected chi connectivity index (χ3v) is 2.40. The van der Waals surface area contributed by atoms with Gasteiger partial charge >= 0.3 is 0 Å². The van der Waals surface area contributed by atoms with Gasteiger partial charge in [-0.1, -0.05) is 12.1 Å². The van der Waals surface area contributed by atoms with Crippen LogP contribution in [0.5, 0.6) is 11.5 Å². The summed E-state index contributed by atoms with van der Waals surface area (Å²) in [6.45, 7) is 0.195. The SMILES string of the molecule is O=Cc1cc(F)ccc1OCc1cccc(O)c1. The van der Waals surface area contributed by atoms with E-state index in [2.05, 4.69) is 0 Å². The van der Waals surface area contributed by atoms with Crippen molar-refractivity contribution in [2.45, 2.75) is 6.61 Å². The van der Waals surface area contributed by atoms with E-state index in [9.17, 15) is 14.3 Å². The molecule has 0 spiro atoms. The van der Waals surface area contributed by atoms with Crippen LogP contribution >= 0.6 is 0 Å². The van der Waals surface area contributed by atoms with E-state index in [1.54, 1.807) is 24.3 Å². The van der Waals surface area contributed by atoms with E-state index < -0.39 is 5.82 Å². The third-order valence-electron chi connectivity index (χ3n) is 2.40. The number of phenolic OH excluding ortho intramolecular Hbond substituents is 1. The van der Waals surface area contributed by atoms with Gasteiger partial charge in [0.25, 0.3) is 0 Å². The van der Waals surface area contributed by atoms with Gasteiger partial charge in [-0.05, 0) is 35.9 Å². The van der Waals surface area contributed by atoms with Gasteiger partial charge in [-0.3, -0.25) is 4.79 Å². The Morgan fingerprint density at radius 1 is 1.22 bits per heavy atom. The number of carbonyl (C=O) groups excluding carboxylic acids is 1. The fourth-order valence-corrected chi connectivity index (χ4v) is 1.55. The van der Waals surface area contributed by atoms with Crippen LogP contribution in [0.4, 0.5) is 4.39 Å². The second kappa shape index (κ2) is 5.31. The smallest absolute Gasteiger partial charge is 0.153 e. The Morgan fingerprint density at radius 3 is 2.78 bits per heavy atom. The minimum atomic E-state index is -0.484. The second-order valence-corrected chi connectivity index (χ2v) is 3.76. The highest BCUT2D eigenvalue weighted by atomic mass is 19.1. The van der Waals surface area contributed by atoms with E-state index in [1.807, 2.05) is 0 Å². The molecule has 2 aromatic rings. The number of phenols is 1. The maximum Gasteiger partial charge on any atom is 0.153 e. The Morgan fingerprint density at radius 2 is 2.06 bits per heavy atom. The highest BCUT2D eigenvalue weighted by Crippen LogP contribution is 2.20. The minimum absolute atomic E-state index is 0.144. The van der Waals surface area contributed by atoms with Crippen LogP contribution in [0.1, 0.15) is 15.9 Å². The zero-order valence-corrected chi connectivity index (χ0v) is 9.47. The largest absolute Gasteiger partial charge is 0.508 e. The summed E-state index contributed by atoms with van der Waals surface area (Å²) < 4.78 is 18.3. The zero-order valence-electron chi connectivity index (χ0n) is 9.47. The van der Waals surface area contributed by atoms with Gasteiger partial charge in [0.15, 0.2) is 6.29 Å². The van der Waals surface area contributed by atoms with Crippen LogP contribution in [-0.4, -0.2) is 11.4 Å². The minimum Gasteiger partial charge on any atom is -0.508 e. The van der Waals surface area contributed by atoms with Crippen LogP contribution in [0.3, 0.4) is 0 Å². The van der Waals surface area contributed by atoms with Crippen LogP contribution < -0.4 is 4.74 Å². The standard InChI is InChI=1S/C14H11FO3/c15-12-4-5-14(11(7-12)8-16)18-9-10-2-1-3-13(17)6-10/h1-8,17H,9H2. The summed E-state index contributed by atoms with van der Waals surface area (Å²) in [6.07, 6.45) is 0.543. The lowest BCUT2D eigenvalue weighted by atomic mass is 10.2. The fraction of sp³-hybridized carbons (Fsp3) is 0.0714. The number of rotatable bonds is 4. The molecule has 0 aliphatic carbocycles. The van der Waals surface area contributed by atoms with Crippen molar-refractivity contribution in [2.24, 2.45) is 0 Å². The van der Waals surface area contributed by atoms with Gasteiger partial charge in [0.05, 0.1) is 5.56 Å². The monoisotopic (exact) mass is 246 g/mol. The molecule has 18 heavy (non-hydrogen) atoms. The predicted octanol–water partition coefficient (Wildman–Crippen LogP) is 2.92. The van der Waals surface area contributed by atoms with Crippen LogP contribution in [-0.2, 0) is 6.61 Å². The first kappa shape index (κ1) is 12.1. The predicted molar refractivity (Wildman–Crippen MR) is 64.2 cm³/mol. The number of halogens is 1. The lowest BCUT2D eigenvalue weighted by Crippen LogP contribution is -1.98. The Labute approximate surface area is 103 Å². The quantitative estimate of drug-likeness (QED) is 0.844. The summed E-state index contributed by atoms with van der Waals surface area (Å²) in [4.78, 5) is 10.8. The molecule has 0 unspecified atom stereocenters. The van der Waals surface area contributed by atoms with Crippen molar-refractivity contribution in [1.29, 1.82) is 0 Å². The van der Waals surface area contributed by atoms with Crippen LogP contribution in [0.2, 0.25) is 0 Å². The van der Waals surface area contributed by atoms with Crippen molar-refractivity contribution in [3.8, 4) is 11.5 Å². The first-order valence-corrected chi connectivity index (χ1v) is 5.34. The van der Waals surface area contributed by atoms with E-state index in [0.717, 1.165) is 11.6 Å². The summed E-state index contributed by atoms with van der Waals surface area (Å²) in [5, 5.41) is 9.29. The molecule has 0 saturated carbocycles. The molecule has 0 aromatic heterocycles. The molecule has 0 bridgehead atoms. The van der Waals surface area contributed by atoms with Gasteiger partial charge in [-0.25, -0.2) is 4.39 Å². The fourth-order valence-electron chi connectivity index (χ4n) is 1.55. The molecular formula is C14H11FO3. The summed E-state index contributed by atoms with van der Waals surface area (Å²) in [5.74, 6) is -0.0256. The Bertz CT molecular complexity index is 567. The van der Waals surface area contributed by atoms with Crippen LogP contribution in [0.15, 0.2) is 42.5 Å². The zero-order chi connectivity index (χ0) is 13.0. The summed E-state index contributed by atoms with van der Waals surface area (Å²) >= 11 is 0. The average molecular weight is 246 g/mol. The van der Waals surface area contributed by atoms with Crippen molar-refractivity contribution in [3.05, 3.63) is 59.4 Å². The van der Waals surface area contributed by atoms with Crippen LogP contribution in [0, 0.1) is 5.82 Å². The van der Waals surface area contributed by atoms with Crippen molar-refractivity contribution in [3.63, 3.8) is 0 Å². The molecule has 4 heteroatoms. The summed E-state index contributed by atoms with van der Waals surface area (Å²) in [5.41, 5.74) is 0.923. The van der Waals surface area contributed by atoms with Crippen molar-refractivity contribution < 1.29 is 19.0 Å². The Hall–Kier alpha value is -2.36. The maximum atomic E-state index is 12.9. The number of ether oxygens (including phenoxy) is 1. The number of aldehydes is 1. The van der Waals surface area contributed by atoms with Gasteiger partial charge in [-0.2, -0.15) is 0 Å². The normalized spacial score (nSPS) is 10.1. The average Bonchev–Trinajstić information content (AvgIpc) is 2.37. The molecule has 0 fully saturated rings. The number of carbonyl (C=O) groups is 1. The van der Waals surface area contributed by atoms with E-state index >= 15 is 0 Å². The molecule has 0 aliphatic heterocycles. The Kier molecular flexibility index (Phi) is 3.57. The number of hydrogen-bond acceptors (Lipinski definition) is 3. The molecule has 0 heterocycles. The first-order valence-electron chi connectivity index (χ1n) is 5.34. The first-order chi connectivity index (χ1) is 8.69. The van der Waals surface area contributed by atoms with Gasteiger partial charge < -0.3 is 9.84 Å². The van der Waals surface area contributed by atoms with Gasteiger partial charge in [0, 0.05) is 0 Å².